The van der Waals surface area contributed by atoms with Gasteiger partial charge in [-0.2, -0.15) is 0 Å². The summed E-state index contributed by atoms with van der Waals surface area (Å²) in [7, 11) is 1.48. The van der Waals surface area contributed by atoms with E-state index in [0.29, 0.717) is 17.4 Å². The van der Waals surface area contributed by atoms with E-state index in [0.717, 1.165) is 43.9 Å². The molecule has 14 heteroatoms. The van der Waals surface area contributed by atoms with Gasteiger partial charge in [0.25, 0.3) is 0 Å². The second-order valence-electron chi connectivity index (χ2n) is 18.4. The number of aliphatic hydroxyl groups is 2. The van der Waals surface area contributed by atoms with E-state index in [-0.39, 0.29) is 28.2 Å². The molecule has 2 heterocycles. The lowest BCUT2D eigenvalue weighted by Crippen LogP contribution is -2.41. The van der Waals surface area contributed by atoms with E-state index in [4.69, 9.17) is 18.9 Å². The molecule has 0 aliphatic carbocycles. The van der Waals surface area contributed by atoms with Gasteiger partial charge in [0.15, 0.2) is 5.78 Å². The minimum absolute atomic E-state index is 0.0935. The molecular formula is C65H72BNO9S3. The van der Waals surface area contributed by atoms with Crippen molar-refractivity contribution in [2.45, 2.75) is 108 Å². The summed E-state index contributed by atoms with van der Waals surface area (Å²) in [5, 5.41) is 18.9. The van der Waals surface area contributed by atoms with Crippen LogP contribution in [0.5, 0.6) is 17.2 Å². The van der Waals surface area contributed by atoms with E-state index in [1.165, 1.54) is 60.2 Å². The van der Waals surface area contributed by atoms with Crippen molar-refractivity contribution in [3.63, 3.8) is 0 Å². The number of methoxy groups -OCH3 is 3. The van der Waals surface area contributed by atoms with Crippen LogP contribution in [0.1, 0.15) is 92.3 Å². The highest BCUT2D eigenvalue weighted by Crippen LogP contribution is 2.49. The predicted molar refractivity (Wildman–Crippen MR) is 321 cm³/mol. The van der Waals surface area contributed by atoms with Gasteiger partial charge in [0.1, 0.15) is 22.8 Å². The van der Waals surface area contributed by atoms with Crippen LogP contribution in [-0.4, -0.2) is 70.2 Å². The summed E-state index contributed by atoms with van der Waals surface area (Å²) in [5.74, 6) is 2.42. The van der Waals surface area contributed by atoms with Crippen LogP contribution in [-0.2, 0) is 20.1 Å². The van der Waals surface area contributed by atoms with Crippen molar-refractivity contribution in [1.82, 2.24) is 4.81 Å². The molecule has 10 rings (SSSR count). The van der Waals surface area contributed by atoms with Gasteiger partial charge in [-0.1, -0.05) is 134 Å². The molecule has 0 aromatic heterocycles. The minimum Gasteiger partial charge on any atom is -0.497 e. The van der Waals surface area contributed by atoms with Crippen LogP contribution in [0.25, 0.3) is 0 Å². The van der Waals surface area contributed by atoms with Crippen LogP contribution in [0.3, 0.4) is 0 Å². The van der Waals surface area contributed by atoms with Crippen LogP contribution < -0.4 is 14.2 Å². The summed E-state index contributed by atoms with van der Waals surface area (Å²) in [6.45, 7) is 12.3. The lowest BCUT2D eigenvalue weighted by molar-refractivity contribution is 0.101. The molecule has 0 bridgehead atoms. The van der Waals surface area contributed by atoms with Crippen molar-refractivity contribution >= 4 is 46.2 Å². The normalized spacial score (nSPS) is 14.9. The number of sulfone groups is 1. The predicted octanol–water partition coefficient (Wildman–Crippen LogP) is 15.1. The van der Waals surface area contributed by atoms with Gasteiger partial charge in [0, 0.05) is 31.2 Å². The van der Waals surface area contributed by atoms with E-state index in [2.05, 4.69) is 72.3 Å². The molecule has 79 heavy (non-hydrogen) atoms. The summed E-state index contributed by atoms with van der Waals surface area (Å²) in [6, 6.07) is 65.8. The van der Waals surface area contributed by atoms with Crippen molar-refractivity contribution < 1.29 is 42.3 Å². The number of benzene rings is 8. The molecule has 8 aromatic rings. The fraction of sp³-hybridized carbons (Fsp3) is 0.246. The first-order chi connectivity index (χ1) is 38.1. The fourth-order valence-corrected chi connectivity index (χ4v) is 12.0. The molecule has 2 N–H and O–H groups in total. The van der Waals surface area contributed by atoms with E-state index in [9.17, 15) is 23.4 Å². The molecule has 10 nitrogen and oxygen atoms in total. The van der Waals surface area contributed by atoms with Crippen molar-refractivity contribution in [2.75, 3.05) is 27.9 Å². The van der Waals surface area contributed by atoms with Crippen molar-refractivity contribution in [3.05, 3.63) is 234 Å². The van der Waals surface area contributed by atoms with E-state index in [1.54, 1.807) is 82.8 Å². The maximum atomic E-state index is 12.4. The number of ketones is 1. The number of fused-ring (bicyclic) bond motifs is 1. The fourth-order valence-electron chi connectivity index (χ4n) is 9.08. The molecule has 3 atom stereocenters. The first-order valence-electron chi connectivity index (χ1n) is 26.4. The number of ether oxygens (including phenoxy) is 3. The summed E-state index contributed by atoms with van der Waals surface area (Å²) >= 11 is 3.35. The van der Waals surface area contributed by atoms with Crippen LogP contribution >= 0.6 is 23.5 Å². The Labute approximate surface area is 477 Å². The van der Waals surface area contributed by atoms with Crippen molar-refractivity contribution in [3.8, 4) is 17.2 Å². The average Bonchev–Trinajstić information content (AvgIpc) is 4.30. The highest BCUT2D eigenvalue weighted by atomic mass is 32.2. The zero-order valence-electron chi connectivity index (χ0n) is 46.5. The van der Waals surface area contributed by atoms with Gasteiger partial charge in [0.05, 0.1) is 43.3 Å². The number of aliphatic hydroxyl groups excluding tert-OH is 2. The smallest absolute Gasteiger partial charge is 0.380 e. The number of carbonyl (C=O) groups is 1. The summed E-state index contributed by atoms with van der Waals surface area (Å²) in [6.07, 6.45) is 1.44. The molecule has 1 unspecified atom stereocenters. The molecule has 0 saturated carbocycles. The number of Topliss-reactive ketones (excluding diaryl/α,β-unsaturated/α-hetero) is 1. The third kappa shape index (κ3) is 16.5. The molecule has 2 aliphatic rings. The Balaban J connectivity index is 0.000000169. The molecule has 0 amide bonds. The van der Waals surface area contributed by atoms with Gasteiger partial charge in [-0.3, -0.25) is 4.79 Å². The number of rotatable bonds is 14. The number of nitrogens with zero attached hydrogens (tertiary/aromatic N) is 1. The van der Waals surface area contributed by atoms with Crippen LogP contribution in [0.15, 0.2) is 236 Å². The molecule has 0 radical (unpaired) electrons. The second-order valence-corrected chi connectivity index (χ2v) is 22.6. The number of carbonyl (C=O) groups excluding carboxylic acids is 1. The lowest BCUT2D eigenvalue weighted by Gasteiger charge is -2.36. The van der Waals surface area contributed by atoms with E-state index < -0.39 is 22.0 Å². The van der Waals surface area contributed by atoms with Crippen LogP contribution in [0, 0.1) is 0 Å². The minimum atomic E-state index is -3.54. The highest BCUT2D eigenvalue weighted by molar-refractivity contribution is 7.99. The van der Waals surface area contributed by atoms with Gasteiger partial charge in [-0.15, -0.1) is 0 Å². The zero-order valence-corrected chi connectivity index (χ0v) is 48.9. The Hall–Kier alpha value is -6.62. The van der Waals surface area contributed by atoms with E-state index >= 15 is 0 Å². The number of hydrogen-bond donors (Lipinski definition) is 2. The Morgan fingerprint density at radius 1 is 0.570 bits per heavy atom. The molecule has 412 valence electrons. The summed E-state index contributed by atoms with van der Waals surface area (Å²) in [5.41, 5.74) is 4.59. The van der Waals surface area contributed by atoms with Crippen molar-refractivity contribution in [2.24, 2.45) is 0 Å². The lowest BCUT2D eigenvalue weighted by atomic mass is 9.79. The van der Waals surface area contributed by atoms with Gasteiger partial charge >= 0.3 is 7.05 Å². The Kier molecular flexibility index (Phi) is 23.5. The molecule has 8 aromatic carbocycles. The highest BCUT2D eigenvalue weighted by Gasteiger charge is 2.56. The monoisotopic (exact) mass is 1120 g/mol. The first-order valence-corrected chi connectivity index (χ1v) is 29.5. The quantitative estimate of drug-likeness (QED) is 0.0794. The third-order valence-electron chi connectivity index (χ3n) is 13.2. The van der Waals surface area contributed by atoms with Crippen molar-refractivity contribution in [1.29, 1.82) is 0 Å². The summed E-state index contributed by atoms with van der Waals surface area (Å²) < 4.78 is 46.7. The second kappa shape index (κ2) is 30.1. The third-order valence-corrected chi connectivity index (χ3v) is 17.1. The Morgan fingerprint density at radius 2 is 0.911 bits per heavy atom. The maximum Gasteiger partial charge on any atom is 0.380 e. The standard InChI is InChI=1S/C18H20BNO.C15H16O4S.C15H16O2S.C15H14O2S.C2H6/c1-19-20-14-8-13-17(20)18(21-19,15-9-4-2-5-10-15)16-11-6-3-7-12-16;1-11(16)12-3-7-14(8-4-12)20(17,18)15-9-5-13(19-2)6-10-15;2*1-11(16)12-3-7-14(8-4-12)18-15-9-5-13(17-2)6-10-15;1-2/h2-7,9-12,17H,8,13-14H2,1H3;3-11,16H,1-2H3;3-11,16H,1-2H3;3-10H,1-2H3;1-2H3/t;2*11-;;/m.11../s1. The largest absolute Gasteiger partial charge is 0.497 e. The van der Waals surface area contributed by atoms with Gasteiger partial charge in [0.2, 0.25) is 9.84 Å². The number of hydrogen-bond acceptors (Lipinski definition) is 12. The van der Waals surface area contributed by atoms with E-state index in [1.807, 2.05) is 111 Å². The molecule has 0 spiro atoms. The Morgan fingerprint density at radius 3 is 1.28 bits per heavy atom. The molecule has 2 aliphatic heterocycles. The topological polar surface area (TPSA) is 132 Å². The molecule has 2 saturated heterocycles. The van der Waals surface area contributed by atoms with Crippen LogP contribution in [0.4, 0.5) is 0 Å². The average molecular weight is 1120 g/mol. The van der Waals surface area contributed by atoms with Gasteiger partial charge in [-0.05, 0) is 178 Å². The zero-order chi connectivity index (χ0) is 57.0. The van der Waals surface area contributed by atoms with Gasteiger partial charge < -0.3 is 33.9 Å². The molecular weight excluding hydrogens is 1050 g/mol. The molecule has 2 fully saturated rings. The Bertz CT molecular complexity index is 3150. The van der Waals surface area contributed by atoms with Crippen LogP contribution in [0.2, 0.25) is 6.82 Å². The first kappa shape index (κ1) is 61.6. The summed E-state index contributed by atoms with van der Waals surface area (Å²) in [4.78, 5) is 18.7. The SMILES string of the molecule is CB1OC(c2ccccc2)(c2ccccc2)C2CCCN12.CC.COc1ccc(S(=O)(=O)c2ccc([C@@H](C)O)cc2)cc1.COc1ccc(Sc2ccc(C(C)=O)cc2)cc1.COc1ccc(Sc2ccc([C@@H](C)O)cc2)cc1. The maximum absolute atomic E-state index is 12.4. The van der Waals surface area contributed by atoms with Gasteiger partial charge in [-0.25, -0.2) is 8.42 Å².